The van der Waals surface area contributed by atoms with E-state index in [1.165, 1.54) is 18.1 Å². The molecule has 0 aromatic carbocycles. The van der Waals surface area contributed by atoms with Gasteiger partial charge in [0.05, 0.1) is 0 Å². The van der Waals surface area contributed by atoms with E-state index in [1.807, 2.05) is 19.9 Å². The Morgan fingerprint density at radius 2 is 2.03 bits per heavy atom. The highest BCUT2D eigenvalue weighted by Crippen LogP contribution is 2.66. The van der Waals surface area contributed by atoms with Crippen molar-refractivity contribution in [3.05, 3.63) is 35.5 Å². The molecule has 0 aliphatic heterocycles. The van der Waals surface area contributed by atoms with Gasteiger partial charge in [-0.05, 0) is 62.5 Å². The van der Waals surface area contributed by atoms with Gasteiger partial charge in [-0.3, -0.25) is 14.4 Å². The molecule has 156 valence electrons. The highest BCUT2D eigenvalue weighted by Gasteiger charge is 2.67. The molecular weight excluding hydrogens is 368 g/mol. The molecule has 0 aromatic rings. The lowest BCUT2D eigenvalue weighted by molar-refractivity contribution is -0.167. The Morgan fingerprint density at radius 3 is 2.72 bits per heavy atom. The van der Waals surface area contributed by atoms with Crippen LogP contribution in [0.2, 0.25) is 0 Å². The van der Waals surface area contributed by atoms with E-state index < -0.39 is 22.8 Å². The fraction of sp³-hybridized carbons (Fsp3) is 0.625. The maximum atomic E-state index is 13.0. The second kappa shape index (κ2) is 6.49. The highest BCUT2D eigenvalue weighted by atomic mass is 16.5. The molecule has 29 heavy (non-hydrogen) atoms. The molecule has 0 spiro atoms. The number of aliphatic hydroxyl groups is 1. The average Bonchev–Trinajstić information content (AvgIpc) is 2.88. The second-order valence-corrected chi connectivity index (χ2v) is 9.75. The molecule has 0 aromatic heterocycles. The van der Waals surface area contributed by atoms with Gasteiger partial charge in [0.15, 0.2) is 12.4 Å². The molecule has 4 aliphatic carbocycles. The van der Waals surface area contributed by atoms with Gasteiger partial charge in [0.2, 0.25) is 5.78 Å². The summed E-state index contributed by atoms with van der Waals surface area (Å²) < 4.78 is 4.95. The maximum Gasteiger partial charge on any atom is 0.303 e. The molecule has 0 saturated heterocycles. The smallest absolute Gasteiger partial charge is 0.303 e. The lowest BCUT2D eigenvalue weighted by Crippen LogP contribution is -2.57. The summed E-state index contributed by atoms with van der Waals surface area (Å²) in [6, 6.07) is 0. The van der Waals surface area contributed by atoms with Gasteiger partial charge in [0.1, 0.15) is 5.60 Å². The Balaban J connectivity index is 1.71. The Morgan fingerprint density at radius 1 is 1.31 bits per heavy atom. The number of rotatable bonds is 3. The third kappa shape index (κ3) is 2.66. The first kappa shape index (κ1) is 20.3. The fourth-order valence-electron chi connectivity index (χ4n) is 6.74. The summed E-state index contributed by atoms with van der Waals surface area (Å²) in [5, 5.41) is 11.7. The number of hydrogen-bond donors (Lipinski definition) is 1. The topological polar surface area (TPSA) is 80.7 Å². The fourth-order valence-corrected chi connectivity index (χ4v) is 6.74. The number of hydrogen-bond acceptors (Lipinski definition) is 5. The summed E-state index contributed by atoms with van der Waals surface area (Å²) in [6.45, 7) is 7.03. The molecular formula is C24H30O5. The number of allylic oxidation sites excluding steroid dienone is 6. The number of carbonyl (C=O) groups excluding carboxylic acids is 3. The van der Waals surface area contributed by atoms with E-state index in [2.05, 4.69) is 13.0 Å². The van der Waals surface area contributed by atoms with Crippen LogP contribution in [0.15, 0.2) is 35.5 Å². The number of ketones is 2. The maximum absolute atomic E-state index is 13.0. The van der Waals surface area contributed by atoms with E-state index in [9.17, 15) is 19.5 Å². The van der Waals surface area contributed by atoms with Crippen LogP contribution >= 0.6 is 0 Å². The number of esters is 1. The van der Waals surface area contributed by atoms with E-state index in [-0.39, 0.29) is 35.6 Å². The minimum Gasteiger partial charge on any atom is -0.458 e. The summed E-state index contributed by atoms with van der Waals surface area (Å²) in [4.78, 5) is 36.1. The van der Waals surface area contributed by atoms with Crippen LogP contribution in [-0.4, -0.2) is 34.9 Å². The van der Waals surface area contributed by atoms with Crippen molar-refractivity contribution >= 4 is 17.5 Å². The molecule has 4 aliphatic rings. The summed E-state index contributed by atoms with van der Waals surface area (Å²) in [6.07, 6.45) is 10.8. The number of fused-ring (bicyclic) bond motifs is 5. The molecule has 0 bridgehead atoms. The summed E-state index contributed by atoms with van der Waals surface area (Å²) in [5.74, 6) is -0.621. The zero-order chi connectivity index (χ0) is 21.2. The Labute approximate surface area is 171 Å². The molecule has 2 saturated carbocycles. The van der Waals surface area contributed by atoms with Crippen molar-refractivity contribution in [2.75, 3.05) is 6.61 Å². The van der Waals surface area contributed by atoms with E-state index in [4.69, 9.17) is 4.74 Å². The van der Waals surface area contributed by atoms with E-state index in [1.54, 1.807) is 12.2 Å². The van der Waals surface area contributed by atoms with Gasteiger partial charge in [-0.1, -0.05) is 37.1 Å². The number of carbonyl (C=O) groups is 3. The minimum atomic E-state index is -1.51. The normalized spacial score (nSPS) is 42.9. The van der Waals surface area contributed by atoms with E-state index in [0.717, 1.165) is 19.3 Å². The Kier molecular flexibility index (Phi) is 4.54. The highest BCUT2D eigenvalue weighted by molar-refractivity contribution is 6.01. The molecule has 0 heterocycles. The lowest BCUT2D eigenvalue weighted by atomic mass is 9.51. The average molecular weight is 398 g/mol. The predicted octanol–water partition coefficient (Wildman–Crippen LogP) is 3.32. The zero-order valence-electron chi connectivity index (χ0n) is 17.7. The summed E-state index contributed by atoms with van der Waals surface area (Å²) in [7, 11) is 0. The number of Topliss-reactive ketones (excluding diaryl/α,β-unsaturated/α-hetero) is 1. The van der Waals surface area contributed by atoms with Crippen LogP contribution in [0.5, 0.6) is 0 Å². The van der Waals surface area contributed by atoms with Crippen molar-refractivity contribution in [3.8, 4) is 0 Å². The third-order valence-electron chi connectivity index (χ3n) is 8.36. The van der Waals surface area contributed by atoms with Crippen LogP contribution in [0.3, 0.4) is 0 Å². The molecule has 0 unspecified atom stereocenters. The molecule has 1 N–H and O–H groups in total. The molecule has 0 amide bonds. The first-order chi connectivity index (χ1) is 13.5. The monoisotopic (exact) mass is 398 g/mol. The largest absolute Gasteiger partial charge is 0.458 e. The SMILES string of the molecule is CC(=O)OCC(=O)[C@]1(O)[C@@H](C)C[C@@H]2[C@@H]3CCC4=CC(=O)C=C[C@]4(C)C3=CC[C@@]21C. The second-order valence-electron chi connectivity index (χ2n) is 9.75. The molecule has 0 radical (unpaired) electrons. The Bertz CT molecular complexity index is 880. The van der Waals surface area contributed by atoms with Crippen molar-refractivity contribution in [3.63, 3.8) is 0 Å². The minimum absolute atomic E-state index is 0.0529. The quantitative estimate of drug-likeness (QED) is 0.583. The standard InChI is InChI=1S/C24H30O5/c1-14-11-20-18-6-5-16-12-17(26)7-9-22(16,3)19(18)8-10-23(20,4)24(14,28)21(27)13-29-15(2)25/h7-9,12,14,18,20,28H,5-6,10-11,13H2,1-4H3/t14-,18+,20+,22-,23-,24+/m0/s1. The Hall–Kier alpha value is -2.01. The molecule has 2 fully saturated rings. The summed E-state index contributed by atoms with van der Waals surface area (Å²) >= 11 is 0. The van der Waals surface area contributed by atoms with Gasteiger partial charge in [-0.25, -0.2) is 0 Å². The predicted molar refractivity (Wildman–Crippen MR) is 108 cm³/mol. The van der Waals surface area contributed by atoms with E-state index >= 15 is 0 Å². The van der Waals surface area contributed by atoms with Gasteiger partial charge < -0.3 is 9.84 Å². The van der Waals surface area contributed by atoms with Gasteiger partial charge in [-0.2, -0.15) is 0 Å². The third-order valence-corrected chi connectivity index (χ3v) is 8.36. The van der Waals surface area contributed by atoms with Gasteiger partial charge in [0.25, 0.3) is 0 Å². The van der Waals surface area contributed by atoms with Gasteiger partial charge in [-0.15, -0.1) is 0 Å². The lowest BCUT2D eigenvalue weighted by Gasteiger charge is -2.53. The van der Waals surface area contributed by atoms with Crippen molar-refractivity contribution < 1.29 is 24.2 Å². The van der Waals surface area contributed by atoms with Crippen molar-refractivity contribution in [1.82, 2.24) is 0 Å². The first-order valence-corrected chi connectivity index (χ1v) is 10.6. The van der Waals surface area contributed by atoms with Crippen molar-refractivity contribution in [2.24, 2.45) is 28.6 Å². The molecule has 6 atom stereocenters. The number of ether oxygens (including phenoxy) is 1. The molecule has 4 rings (SSSR count). The summed E-state index contributed by atoms with van der Waals surface area (Å²) in [5.41, 5.74) is 0.145. The molecule has 5 heteroatoms. The van der Waals surface area contributed by atoms with Crippen LogP contribution < -0.4 is 0 Å². The van der Waals surface area contributed by atoms with Crippen molar-refractivity contribution in [2.45, 2.75) is 59.0 Å². The van der Waals surface area contributed by atoms with E-state index in [0.29, 0.717) is 6.42 Å². The van der Waals surface area contributed by atoms with Crippen molar-refractivity contribution in [1.29, 1.82) is 0 Å². The zero-order valence-corrected chi connectivity index (χ0v) is 17.7. The molecule has 5 nitrogen and oxygen atoms in total. The van der Waals surface area contributed by atoms with Gasteiger partial charge >= 0.3 is 5.97 Å². The van der Waals surface area contributed by atoms with Crippen LogP contribution in [-0.2, 0) is 19.1 Å². The van der Waals surface area contributed by atoms with Crippen LogP contribution in [0.1, 0.15) is 53.4 Å². The van der Waals surface area contributed by atoms with Crippen LogP contribution in [0.25, 0.3) is 0 Å². The van der Waals surface area contributed by atoms with Crippen LogP contribution in [0.4, 0.5) is 0 Å². The van der Waals surface area contributed by atoms with Crippen LogP contribution in [0, 0.1) is 28.6 Å². The van der Waals surface area contributed by atoms with Gasteiger partial charge in [0, 0.05) is 17.8 Å². The first-order valence-electron chi connectivity index (χ1n) is 10.6.